The minimum absolute atomic E-state index is 0.0191. The number of fused-ring (bicyclic) bond motifs is 2. The van der Waals surface area contributed by atoms with E-state index in [0.29, 0.717) is 70.7 Å². The van der Waals surface area contributed by atoms with Gasteiger partial charge < -0.3 is 49.9 Å². The van der Waals surface area contributed by atoms with E-state index in [1.165, 1.54) is 19.2 Å². The van der Waals surface area contributed by atoms with Gasteiger partial charge in [-0.05, 0) is 165 Å². The number of carbonyl (C=O) groups excluding carboxylic acids is 3. The second kappa shape index (κ2) is 32.6. The van der Waals surface area contributed by atoms with Gasteiger partial charge >= 0.3 is 19.1 Å². The molecule has 0 bridgehead atoms. The molecule has 0 aromatic heterocycles. The Morgan fingerprint density at radius 3 is 1.42 bits per heavy atom. The highest BCUT2D eigenvalue weighted by Gasteiger charge is 2.53. The molecule has 8 aromatic rings. The Hall–Kier alpha value is -7.96. The lowest BCUT2D eigenvalue weighted by molar-refractivity contribution is -0.143. The van der Waals surface area contributed by atoms with Crippen LogP contribution in [0.4, 0.5) is 37.7 Å². The van der Waals surface area contributed by atoms with Gasteiger partial charge in [-0.1, -0.05) is 131 Å². The summed E-state index contributed by atoms with van der Waals surface area (Å²) in [4.78, 5) is 51.3. The zero-order valence-electron chi connectivity index (χ0n) is 54.5. The average Bonchev–Trinajstić information content (AvgIpc) is 1.02. The highest BCUT2D eigenvalue weighted by molar-refractivity contribution is 9.10. The summed E-state index contributed by atoms with van der Waals surface area (Å²) in [6.07, 6.45) is 2.40. The van der Waals surface area contributed by atoms with Crippen LogP contribution in [0.3, 0.4) is 0 Å². The minimum Gasteiger partial charge on any atom is -0.494 e. The number of ether oxygens (including phenoxy) is 3. The number of aliphatic carboxylic acids is 1. The predicted octanol–water partition coefficient (Wildman–Crippen LogP) is 17.2. The fourth-order valence-electron chi connectivity index (χ4n) is 11.5. The molecular formula is C73H68BBrCl4F6N4O10. The van der Waals surface area contributed by atoms with Gasteiger partial charge in [0, 0.05) is 52.9 Å². The van der Waals surface area contributed by atoms with E-state index in [4.69, 9.17) is 69.9 Å². The first-order valence-corrected chi connectivity index (χ1v) is 33.6. The Balaban J connectivity index is 0.000000202. The average molecular weight is 1510 g/mol. The number of amides is 2. The van der Waals surface area contributed by atoms with Crippen LogP contribution in [-0.4, -0.2) is 79.6 Å². The summed E-state index contributed by atoms with van der Waals surface area (Å²) in [5.74, 6) is -8.81. The lowest BCUT2D eigenvalue weighted by Crippen LogP contribution is -2.44. The molecule has 0 unspecified atom stereocenters. The summed E-state index contributed by atoms with van der Waals surface area (Å²) >= 11 is 26.8. The van der Waals surface area contributed by atoms with E-state index in [0.717, 1.165) is 70.5 Å². The van der Waals surface area contributed by atoms with Crippen molar-refractivity contribution >= 4 is 110 Å². The highest BCUT2D eigenvalue weighted by Crippen LogP contribution is 2.45. The minimum atomic E-state index is -1.52. The van der Waals surface area contributed by atoms with Crippen molar-refractivity contribution in [3.63, 3.8) is 0 Å². The van der Waals surface area contributed by atoms with Gasteiger partial charge in [-0.25, -0.2) is 35.9 Å². The molecule has 14 nitrogen and oxygen atoms in total. The number of anilines is 2. The molecule has 5 N–H and O–H groups in total. The molecule has 1 fully saturated rings. The number of hydrogen-bond donors (Lipinski definition) is 5. The molecule has 4 atom stereocenters. The van der Waals surface area contributed by atoms with Crippen LogP contribution in [0.25, 0.3) is 11.1 Å². The number of methoxy groups -OCH3 is 1. The van der Waals surface area contributed by atoms with Gasteiger partial charge in [-0.3, -0.25) is 9.59 Å². The van der Waals surface area contributed by atoms with Crippen molar-refractivity contribution < 1.29 is 74.1 Å². The van der Waals surface area contributed by atoms with E-state index < -0.39 is 100 Å². The third kappa shape index (κ3) is 18.0. The number of benzene rings is 8. The number of rotatable bonds is 18. The standard InChI is InChI=1S/C34H39BF2N2O6.C33H27Cl2F3N2O4.C6H2BrCl2F/c1-20(21-11-8-7-9-12-21)38-23-18-26(36)29(27(37)19-23)31(40)39-28(32(41)42-6)17-22-14-15-25(30-24(22)13-10-16-43-30)35-44-33(2,3)34(4,5)45-35;1-17(18-6-3-2-4-7-18)39-21-15-26(37)30(27(38)16-21)32(41)40-28(33(42)43)12-19-9-10-23(31-22(19)8-5-11-44-31)29-24(34)13-20(36)14-25(29)35;7-6-4(8)1-3(10)2-5(6)9/h7-9,11-12,14-15,18-20,28,38H,10,13,16-17H2,1-6H3,(H,39,40);2-4,6-7,9-10,13-17,28,39H,5,8,11-12H2,1H3,(H,40,41)(H,42,43);1-2H/t20-,28-;17-,28-;/m00./s1. The van der Waals surface area contributed by atoms with Crippen molar-refractivity contribution in [1.29, 1.82) is 0 Å². The first kappa shape index (κ1) is 75.3. The van der Waals surface area contributed by atoms with Gasteiger partial charge in [0.05, 0.1) is 56.1 Å². The van der Waals surface area contributed by atoms with E-state index in [2.05, 4.69) is 37.2 Å². The van der Waals surface area contributed by atoms with Crippen LogP contribution in [0.1, 0.15) is 121 Å². The van der Waals surface area contributed by atoms with Crippen molar-refractivity contribution in [2.24, 2.45) is 0 Å². The van der Waals surface area contributed by atoms with Gasteiger partial charge in [0.15, 0.2) is 0 Å². The molecule has 0 aliphatic carbocycles. The molecule has 3 heterocycles. The monoisotopic (exact) mass is 1500 g/mol. The molecule has 0 radical (unpaired) electrons. The van der Waals surface area contributed by atoms with E-state index in [9.17, 15) is 33.1 Å². The third-order valence-corrected chi connectivity index (χ3v) is 19.8. The number of carboxylic acid groups (broad SMARTS) is 1. The van der Waals surface area contributed by atoms with Crippen LogP contribution in [0.15, 0.2) is 138 Å². The molecular weight excluding hydrogens is 1440 g/mol. The fourth-order valence-corrected chi connectivity index (χ4v) is 12.8. The van der Waals surface area contributed by atoms with E-state index in [-0.39, 0.29) is 56.4 Å². The van der Waals surface area contributed by atoms with Crippen LogP contribution in [0.5, 0.6) is 11.5 Å². The number of halogens is 11. The predicted molar refractivity (Wildman–Crippen MR) is 375 cm³/mol. The first-order chi connectivity index (χ1) is 46.9. The number of carboxylic acids is 1. The summed E-state index contributed by atoms with van der Waals surface area (Å²) in [7, 11) is 0.544. The summed E-state index contributed by atoms with van der Waals surface area (Å²) in [6, 6.07) is 31.1. The molecule has 1 saturated heterocycles. The summed E-state index contributed by atoms with van der Waals surface area (Å²) in [5.41, 5.74) is 3.77. The van der Waals surface area contributed by atoms with Gasteiger partial charge in [-0.2, -0.15) is 0 Å². The number of esters is 1. The van der Waals surface area contributed by atoms with Crippen LogP contribution >= 0.6 is 62.3 Å². The van der Waals surface area contributed by atoms with Crippen LogP contribution in [0, 0.1) is 34.9 Å². The number of nitrogens with one attached hydrogen (secondary N) is 4. The third-order valence-electron chi connectivity index (χ3n) is 17.3. The quantitative estimate of drug-likeness (QED) is 0.0180. The van der Waals surface area contributed by atoms with Crippen molar-refractivity contribution in [1.82, 2.24) is 10.6 Å². The summed E-state index contributed by atoms with van der Waals surface area (Å²) in [5, 5.41) is 21.5. The van der Waals surface area contributed by atoms with Crippen LogP contribution < -0.4 is 36.2 Å². The number of carbonyl (C=O) groups is 4. The topological polar surface area (TPSA) is 183 Å². The molecule has 2 amide bonds. The van der Waals surface area contributed by atoms with Crippen molar-refractivity contribution in [3.8, 4) is 22.6 Å². The SMILES string of the molecule is COC(=O)[C@H](Cc1ccc(B2OC(C)(C)C(C)(C)O2)c2c1CCCO2)NC(=O)c1c(F)cc(N[C@@H](C)c2ccccc2)cc1F.C[C@H](Nc1cc(F)c(C(=O)N[C@@H](Cc2ccc(-c3c(Cl)cc(F)cc3Cl)c3c2CCCO3)C(=O)O)c(F)c1)c1ccccc1.Fc1cc(Cl)c(Br)c(Cl)c1. The number of hydrogen-bond acceptors (Lipinski definition) is 11. The Kier molecular flexibility index (Phi) is 24.8. The molecule has 3 aliphatic heterocycles. The molecule has 0 saturated carbocycles. The van der Waals surface area contributed by atoms with Gasteiger partial charge in [0.1, 0.15) is 69.6 Å². The zero-order valence-corrected chi connectivity index (χ0v) is 59.1. The first-order valence-electron chi connectivity index (χ1n) is 31.3. The zero-order chi connectivity index (χ0) is 71.8. The smallest absolute Gasteiger partial charge is 0.494 e. The summed E-state index contributed by atoms with van der Waals surface area (Å²) in [6.45, 7) is 12.5. The van der Waals surface area contributed by atoms with E-state index in [1.54, 1.807) is 12.1 Å². The van der Waals surface area contributed by atoms with Crippen LogP contribution in [-0.2, 0) is 49.3 Å². The second-order valence-corrected chi connectivity index (χ2v) is 27.0. The van der Waals surface area contributed by atoms with Crippen molar-refractivity contribution in [2.75, 3.05) is 31.0 Å². The van der Waals surface area contributed by atoms with E-state index >= 15 is 17.6 Å². The largest absolute Gasteiger partial charge is 0.498 e. The lowest BCUT2D eigenvalue weighted by Gasteiger charge is -2.32. The maximum absolute atomic E-state index is 15.2. The van der Waals surface area contributed by atoms with E-state index in [1.807, 2.05) is 114 Å². The Bertz CT molecular complexity index is 4230. The van der Waals surface area contributed by atoms with Gasteiger partial charge in [0.2, 0.25) is 0 Å². The lowest BCUT2D eigenvalue weighted by atomic mass is 9.75. The molecule has 520 valence electrons. The molecule has 0 spiro atoms. The molecule has 99 heavy (non-hydrogen) atoms. The second-order valence-electron chi connectivity index (χ2n) is 24.6. The Morgan fingerprint density at radius 2 is 0.980 bits per heavy atom. The van der Waals surface area contributed by atoms with Gasteiger partial charge in [-0.15, -0.1) is 0 Å². The Morgan fingerprint density at radius 1 is 0.576 bits per heavy atom. The van der Waals surface area contributed by atoms with Crippen molar-refractivity contribution in [2.45, 2.75) is 115 Å². The highest BCUT2D eigenvalue weighted by atomic mass is 79.9. The fraction of sp³-hybridized carbons (Fsp3) is 0.288. The maximum atomic E-state index is 15.2. The molecule has 11 rings (SSSR count). The maximum Gasteiger partial charge on any atom is 0.498 e. The van der Waals surface area contributed by atoms with Crippen molar-refractivity contribution in [3.05, 3.63) is 237 Å². The van der Waals surface area contributed by atoms with Gasteiger partial charge in [0.25, 0.3) is 11.8 Å². The summed E-state index contributed by atoms with van der Waals surface area (Å²) < 4.78 is 117. The molecule has 3 aliphatic rings. The normalized spacial score (nSPS) is 15.3. The molecule has 8 aromatic carbocycles. The molecule has 26 heteroatoms. The Labute approximate surface area is 597 Å². The van der Waals surface area contributed by atoms with Crippen LogP contribution in [0.2, 0.25) is 20.1 Å².